The quantitative estimate of drug-likeness (QED) is 0.670. The van der Waals surface area contributed by atoms with E-state index < -0.39 is 0 Å². The normalized spacial score (nSPS) is 15.9. The SMILES string of the molecule is CC.[B]c1ccc(CC2CCCC2)nc1. The van der Waals surface area contributed by atoms with Crippen molar-refractivity contribution in [1.82, 2.24) is 4.98 Å². The van der Waals surface area contributed by atoms with Crippen molar-refractivity contribution in [2.24, 2.45) is 5.92 Å². The van der Waals surface area contributed by atoms with Gasteiger partial charge in [-0.05, 0) is 18.4 Å². The fourth-order valence-corrected chi connectivity index (χ4v) is 2.07. The second kappa shape index (κ2) is 6.65. The summed E-state index contributed by atoms with van der Waals surface area (Å²) in [6.07, 6.45) is 8.46. The first-order chi connectivity index (χ1) is 7.34. The molecule has 0 atom stereocenters. The molecule has 1 aliphatic rings. The maximum absolute atomic E-state index is 5.57. The molecule has 1 aliphatic carbocycles. The monoisotopic (exact) mass is 201 g/mol. The van der Waals surface area contributed by atoms with E-state index in [4.69, 9.17) is 7.85 Å². The van der Waals surface area contributed by atoms with Gasteiger partial charge in [-0.3, -0.25) is 4.98 Å². The molecule has 0 amide bonds. The van der Waals surface area contributed by atoms with Gasteiger partial charge in [-0.1, -0.05) is 51.1 Å². The van der Waals surface area contributed by atoms with E-state index in [0.717, 1.165) is 17.8 Å². The highest BCUT2D eigenvalue weighted by molar-refractivity contribution is 6.31. The minimum Gasteiger partial charge on any atom is -0.262 e. The van der Waals surface area contributed by atoms with Crippen molar-refractivity contribution in [3.63, 3.8) is 0 Å². The first-order valence-corrected chi connectivity index (χ1v) is 6.05. The maximum Gasteiger partial charge on any atom is 0.115 e. The summed E-state index contributed by atoms with van der Waals surface area (Å²) in [4.78, 5) is 4.32. The molecule has 1 heterocycles. The molecule has 1 nitrogen and oxygen atoms in total. The van der Waals surface area contributed by atoms with Crippen LogP contribution >= 0.6 is 0 Å². The molecule has 2 heteroatoms. The average Bonchev–Trinajstić information content (AvgIpc) is 2.77. The summed E-state index contributed by atoms with van der Waals surface area (Å²) in [5.74, 6) is 0.871. The predicted octanol–water partition coefficient (Wildman–Crippen LogP) is 2.63. The molecule has 0 N–H and O–H groups in total. The third-order valence-corrected chi connectivity index (χ3v) is 2.82. The van der Waals surface area contributed by atoms with Crippen molar-refractivity contribution in [3.05, 3.63) is 24.0 Å². The average molecular weight is 201 g/mol. The Morgan fingerprint density at radius 1 is 1.27 bits per heavy atom. The summed E-state index contributed by atoms with van der Waals surface area (Å²) in [5.41, 5.74) is 1.95. The third-order valence-electron chi connectivity index (χ3n) is 2.82. The van der Waals surface area contributed by atoms with Crippen LogP contribution in [0.1, 0.15) is 45.2 Å². The molecule has 1 fully saturated rings. The number of aromatic nitrogens is 1. The van der Waals surface area contributed by atoms with Crippen LogP contribution < -0.4 is 5.46 Å². The van der Waals surface area contributed by atoms with Gasteiger partial charge < -0.3 is 0 Å². The Morgan fingerprint density at radius 3 is 2.47 bits per heavy atom. The van der Waals surface area contributed by atoms with Crippen LogP contribution in [0, 0.1) is 5.92 Å². The summed E-state index contributed by atoms with van der Waals surface area (Å²) in [6, 6.07) is 3.99. The topological polar surface area (TPSA) is 12.9 Å². The van der Waals surface area contributed by atoms with Gasteiger partial charge in [0.15, 0.2) is 0 Å². The number of hydrogen-bond acceptors (Lipinski definition) is 1. The molecule has 0 spiro atoms. The highest BCUT2D eigenvalue weighted by atomic mass is 14.7. The van der Waals surface area contributed by atoms with E-state index in [-0.39, 0.29) is 0 Å². The summed E-state index contributed by atoms with van der Waals surface area (Å²) in [7, 11) is 5.57. The molecular weight excluding hydrogens is 181 g/mol. The van der Waals surface area contributed by atoms with Crippen LogP contribution in [-0.2, 0) is 6.42 Å². The molecule has 2 radical (unpaired) electrons. The van der Waals surface area contributed by atoms with Gasteiger partial charge in [-0.15, -0.1) is 0 Å². The third kappa shape index (κ3) is 4.07. The summed E-state index contributed by atoms with van der Waals surface area (Å²) in [6.45, 7) is 4.00. The first-order valence-electron chi connectivity index (χ1n) is 6.05. The van der Waals surface area contributed by atoms with Crippen molar-refractivity contribution < 1.29 is 0 Å². The maximum atomic E-state index is 5.57. The molecule has 1 aromatic heterocycles. The summed E-state index contributed by atoms with van der Waals surface area (Å²) in [5, 5.41) is 0. The molecule has 15 heavy (non-hydrogen) atoms. The van der Waals surface area contributed by atoms with E-state index in [2.05, 4.69) is 4.98 Å². The first kappa shape index (κ1) is 12.3. The number of hydrogen-bond donors (Lipinski definition) is 0. The van der Waals surface area contributed by atoms with Gasteiger partial charge in [-0.2, -0.15) is 0 Å². The molecule has 1 saturated carbocycles. The second-order valence-electron chi connectivity index (χ2n) is 3.94. The second-order valence-corrected chi connectivity index (χ2v) is 3.94. The molecule has 2 rings (SSSR count). The molecule has 1 aromatic rings. The van der Waals surface area contributed by atoms with E-state index in [1.165, 1.54) is 31.4 Å². The van der Waals surface area contributed by atoms with Crippen molar-refractivity contribution in [1.29, 1.82) is 0 Å². The van der Waals surface area contributed by atoms with Crippen LogP contribution in [0.2, 0.25) is 0 Å². The Hall–Kier alpha value is -0.785. The van der Waals surface area contributed by atoms with Crippen LogP contribution in [0.5, 0.6) is 0 Å². The van der Waals surface area contributed by atoms with E-state index in [1.54, 1.807) is 6.20 Å². The number of nitrogens with zero attached hydrogens (tertiary/aromatic N) is 1. The van der Waals surface area contributed by atoms with Crippen molar-refractivity contribution in [2.75, 3.05) is 0 Å². The van der Waals surface area contributed by atoms with Crippen molar-refractivity contribution in [2.45, 2.75) is 46.0 Å². The Kier molecular flexibility index (Phi) is 5.45. The Morgan fingerprint density at radius 2 is 1.93 bits per heavy atom. The van der Waals surface area contributed by atoms with E-state index in [0.29, 0.717) is 0 Å². The summed E-state index contributed by atoms with van der Waals surface area (Å²) < 4.78 is 0. The van der Waals surface area contributed by atoms with Crippen molar-refractivity contribution in [3.8, 4) is 0 Å². The lowest BCUT2D eigenvalue weighted by Crippen LogP contribution is -2.06. The van der Waals surface area contributed by atoms with Gasteiger partial charge in [0.2, 0.25) is 0 Å². The lowest BCUT2D eigenvalue weighted by molar-refractivity contribution is 0.539. The number of pyridine rings is 1. The summed E-state index contributed by atoms with van der Waals surface area (Å²) >= 11 is 0. The van der Waals surface area contributed by atoms with Gasteiger partial charge in [0.25, 0.3) is 0 Å². The van der Waals surface area contributed by atoms with Crippen LogP contribution in [0.4, 0.5) is 0 Å². The highest BCUT2D eigenvalue weighted by Crippen LogP contribution is 2.27. The van der Waals surface area contributed by atoms with Crippen LogP contribution in [-0.4, -0.2) is 12.8 Å². The largest absolute Gasteiger partial charge is 0.262 e. The van der Waals surface area contributed by atoms with Gasteiger partial charge >= 0.3 is 0 Å². The number of rotatable bonds is 2. The standard InChI is InChI=1S/C11H14BN.C2H6/c12-10-5-6-11(13-8-10)7-9-3-1-2-4-9;1-2/h5-6,8-9H,1-4,7H2;1-2H3. The molecule has 80 valence electrons. The van der Waals surface area contributed by atoms with Crippen LogP contribution in [0.25, 0.3) is 0 Å². The van der Waals surface area contributed by atoms with E-state index in [1.807, 2.05) is 26.0 Å². The lowest BCUT2D eigenvalue weighted by atomic mass is 9.96. The fraction of sp³-hybridized carbons (Fsp3) is 0.615. The smallest absolute Gasteiger partial charge is 0.115 e. The molecular formula is C13H20BN. The zero-order chi connectivity index (χ0) is 11.1. The molecule has 0 aliphatic heterocycles. The van der Waals surface area contributed by atoms with Crippen molar-refractivity contribution >= 4 is 13.3 Å². The van der Waals surface area contributed by atoms with E-state index in [9.17, 15) is 0 Å². The predicted molar refractivity (Wildman–Crippen MR) is 66.6 cm³/mol. The molecule has 0 bridgehead atoms. The van der Waals surface area contributed by atoms with Gasteiger partial charge in [0.1, 0.15) is 7.85 Å². The molecule has 0 saturated heterocycles. The molecule has 0 aromatic carbocycles. The van der Waals surface area contributed by atoms with E-state index >= 15 is 0 Å². The molecule has 0 unspecified atom stereocenters. The lowest BCUT2D eigenvalue weighted by Gasteiger charge is -2.07. The Balaban J connectivity index is 0.000000531. The zero-order valence-corrected chi connectivity index (χ0v) is 9.87. The van der Waals surface area contributed by atoms with Gasteiger partial charge in [0, 0.05) is 11.9 Å². The Bertz CT molecular complexity index is 262. The van der Waals surface area contributed by atoms with Gasteiger partial charge in [0.05, 0.1) is 0 Å². The minimum atomic E-state index is 0.759. The Labute approximate surface area is 94.7 Å². The minimum absolute atomic E-state index is 0.759. The van der Waals surface area contributed by atoms with Crippen LogP contribution in [0.3, 0.4) is 0 Å². The van der Waals surface area contributed by atoms with Crippen LogP contribution in [0.15, 0.2) is 18.3 Å². The van der Waals surface area contributed by atoms with Gasteiger partial charge in [-0.25, -0.2) is 0 Å². The fourth-order valence-electron chi connectivity index (χ4n) is 2.07. The highest BCUT2D eigenvalue weighted by Gasteiger charge is 2.15. The zero-order valence-electron chi connectivity index (χ0n) is 9.87.